The standard InChI is InChI=1S/C22H27Cl2N7O7S2/c1-12(30-9-4-3-8-15(21(30)36)27-40(2,37)38)20(35)25-16(10-18(33)34)17(32)11-31-22(26-28-29-31)39-19-13(23)6-5-7-14(19)24/h5-7,12,15-16,27H,3-4,8-11H2,1-2H3,(H,25,35)(H,33,34). The first-order valence-electron chi connectivity index (χ1n) is 12.0. The summed E-state index contributed by atoms with van der Waals surface area (Å²) in [4.78, 5) is 52.4. The molecule has 218 valence electrons. The molecule has 1 aromatic carbocycles. The van der Waals surface area contributed by atoms with Gasteiger partial charge in [0.15, 0.2) is 5.78 Å². The lowest BCUT2D eigenvalue weighted by atomic mass is 10.1. The highest BCUT2D eigenvalue weighted by Crippen LogP contribution is 2.37. The van der Waals surface area contributed by atoms with Gasteiger partial charge in [0.2, 0.25) is 27.0 Å². The summed E-state index contributed by atoms with van der Waals surface area (Å²) in [5, 5.41) is 23.8. The topological polar surface area (TPSA) is 194 Å². The Labute approximate surface area is 244 Å². The lowest BCUT2D eigenvalue weighted by molar-refractivity contribution is -0.143. The number of benzene rings is 1. The first kappa shape index (κ1) is 31.7. The van der Waals surface area contributed by atoms with Gasteiger partial charge in [-0.05, 0) is 60.5 Å². The molecular formula is C22H27Cl2N7O7S2. The number of ketones is 1. The fourth-order valence-corrected chi connectivity index (χ4v) is 6.13. The van der Waals surface area contributed by atoms with E-state index >= 15 is 0 Å². The van der Waals surface area contributed by atoms with Crippen LogP contribution < -0.4 is 10.0 Å². The van der Waals surface area contributed by atoms with Gasteiger partial charge in [-0.15, -0.1) is 5.10 Å². The van der Waals surface area contributed by atoms with E-state index in [1.807, 2.05) is 0 Å². The molecule has 0 bridgehead atoms. The van der Waals surface area contributed by atoms with Crippen molar-refractivity contribution < 1.29 is 32.7 Å². The zero-order chi connectivity index (χ0) is 29.6. The average molecular weight is 637 g/mol. The summed E-state index contributed by atoms with van der Waals surface area (Å²) < 4.78 is 26.8. The van der Waals surface area contributed by atoms with Crippen molar-refractivity contribution in [2.45, 2.75) is 67.3 Å². The molecule has 1 aliphatic heterocycles. The largest absolute Gasteiger partial charge is 0.481 e. The highest BCUT2D eigenvalue weighted by atomic mass is 35.5. The van der Waals surface area contributed by atoms with Gasteiger partial charge in [0.1, 0.15) is 18.6 Å². The van der Waals surface area contributed by atoms with Gasteiger partial charge in [-0.3, -0.25) is 19.2 Å². The van der Waals surface area contributed by atoms with Gasteiger partial charge in [0.05, 0.1) is 33.7 Å². The Morgan fingerprint density at radius 3 is 2.52 bits per heavy atom. The molecule has 2 heterocycles. The van der Waals surface area contributed by atoms with Crippen LogP contribution in [-0.2, 0) is 35.7 Å². The zero-order valence-electron chi connectivity index (χ0n) is 21.4. The first-order chi connectivity index (χ1) is 18.8. The van der Waals surface area contributed by atoms with Gasteiger partial charge >= 0.3 is 5.97 Å². The van der Waals surface area contributed by atoms with Gasteiger partial charge < -0.3 is 15.3 Å². The summed E-state index contributed by atoms with van der Waals surface area (Å²) in [6.07, 6.45) is 1.55. The number of hydrogen-bond acceptors (Lipinski definition) is 10. The summed E-state index contributed by atoms with van der Waals surface area (Å²) in [6.45, 7) is 1.12. The number of Topliss-reactive ketones (excluding diaryl/α,β-unsaturated/α-hetero) is 1. The van der Waals surface area contributed by atoms with Crippen LogP contribution in [0.25, 0.3) is 0 Å². The van der Waals surface area contributed by atoms with Crippen molar-refractivity contribution in [3.63, 3.8) is 0 Å². The molecular weight excluding hydrogens is 609 g/mol. The van der Waals surface area contributed by atoms with E-state index in [0.29, 0.717) is 27.8 Å². The van der Waals surface area contributed by atoms with Crippen LogP contribution in [0.4, 0.5) is 0 Å². The molecule has 3 atom stereocenters. The number of tetrazole rings is 1. The van der Waals surface area contributed by atoms with E-state index in [0.717, 1.165) is 22.7 Å². The first-order valence-corrected chi connectivity index (χ1v) is 15.4. The van der Waals surface area contributed by atoms with Crippen molar-refractivity contribution in [1.82, 2.24) is 35.1 Å². The molecule has 2 amide bonds. The van der Waals surface area contributed by atoms with Gasteiger partial charge in [0, 0.05) is 6.54 Å². The number of likely N-dealkylation sites (tertiary alicyclic amines) is 1. The maximum absolute atomic E-state index is 13.1. The monoisotopic (exact) mass is 635 g/mol. The lowest BCUT2D eigenvalue weighted by Gasteiger charge is -2.30. The summed E-state index contributed by atoms with van der Waals surface area (Å²) in [5.41, 5.74) is 0. The molecule has 3 unspecified atom stereocenters. The predicted molar refractivity (Wildman–Crippen MR) is 144 cm³/mol. The van der Waals surface area contributed by atoms with Crippen LogP contribution in [0.3, 0.4) is 0 Å². The van der Waals surface area contributed by atoms with Crippen molar-refractivity contribution in [3.8, 4) is 0 Å². The Balaban J connectivity index is 1.74. The molecule has 0 spiro atoms. The van der Waals surface area contributed by atoms with Crippen LogP contribution >= 0.6 is 35.0 Å². The third-order valence-electron chi connectivity index (χ3n) is 5.93. The summed E-state index contributed by atoms with van der Waals surface area (Å²) in [7, 11) is -3.68. The van der Waals surface area contributed by atoms with Crippen LogP contribution in [0.5, 0.6) is 0 Å². The summed E-state index contributed by atoms with van der Waals surface area (Å²) in [5.74, 6) is -3.41. The van der Waals surface area contributed by atoms with E-state index in [1.165, 1.54) is 11.8 Å². The predicted octanol–water partition coefficient (Wildman–Crippen LogP) is 0.978. The second-order valence-corrected chi connectivity index (χ2v) is 12.6. The van der Waals surface area contributed by atoms with Gasteiger partial charge in [-0.1, -0.05) is 29.3 Å². The van der Waals surface area contributed by atoms with Gasteiger partial charge in [-0.25, -0.2) is 17.8 Å². The molecule has 14 nitrogen and oxygen atoms in total. The number of carboxylic acid groups (broad SMARTS) is 1. The Hall–Kier alpha value is -2.79. The number of hydrogen-bond donors (Lipinski definition) is 3. The van der Waals surface area contributed by atoms with E-state index in [4.69, 9.17) is 23.2 Å². The van der Waals surface area contributed by atoms with Crippen LogP contribution in [0, 0.1) is 0 Å². The second-order valence-electron chi connectivity index (χ2n) is 9.04. The normalized spacial score (nSPS) is 17.6. The van der Waals surface area contributed by atoms with E-state index < -0.39 is 64.7 Å². The smallest absolute Gasteiger partial charge is 0.305 e. The summed E-state index contributed by atoms with van der Waals surface area (Å²) >= 11 is 13.4. The fraction of sp³-hybridized carbons (Fsp3) is 0.500. The van der Waals surface area contributed by atoms with Crippen molar-refractivity contribution in [1.29, 1.82) is 0 Å². The number of carbonyl (C=O) groups is 4. The molecule has 3 N–H and O–H groups in total. The van der Waals surface area contributed by atoms with Crippen molar-refractivity contribution >= 4 is 68.6 Å². The number of rotatable bonds is 12. The van der Waals surface area contributed by atoms with Crippen molar-refractivity contribution in [3.05, 3.63) is 28.2 Å². The number of sulfonamides is 1. The molecule has 1 aliphatic rings. The van der Waals surface area contributed by atoms with Crippen LogP contribution in [-0.4, -0.2) is 93.1 Å². The number of nitrogens with zero attached hydrogens (tertiary/aromatic N) is 5. The Morgan fingerprint density at radius 1 is 1.23 bits per heavy atom. The molecule has 1 fully saturated rings. The third-order valence-corrected chi connectivity index (χ3v) is 8.61. The molecule has 0 aliphatic carbocycles. The number of carbonyl (C=O) groups excluding carboxylic acids is 3. The minimum absolute atomic E-state index is 0.150. The molecule has 0 radical (unpaired) electrons. The lowest BCUT2D eigenvalue weighted by Crippen LogP contribution is -2.56. The third kappa shape index (κ3) is 8.60. The number of nitrogens with one attached hydrogen (secondary N) is 2. The van der Waals surface area contributed by atoms with Crippen molar-refractivity contribution in [2.24, 2.45) is 0 Å². The minimum atomic E-state index is -3.68. The summed E-state index contributed by atoms with van der Waals surface area (Å²) in [6, 6.07) is 1.27. The minimum Gasteiger partial charge on any atom is -0.481 e. The van der Waals surface area contributed by atoms with Gasteiger partial charge in [0.25, 0.3) is 0 Å². The maximum atomic E-state index is 13.1. The molecule has 3 rings (SSSR count). The molecule has 0 saturated carbocycles. The zero-order valence-corrected chi connectivity index (χ0v) is 24.6. The fourth-order valence-electron chi connectivity index (χ4n) is 3.97. The SMILES string of the molecule is CC(C(=O)NC(CC(=O)O)C(=O)Cn1nnnc1Sc1c(Cl)cccc1Cl)N1CCCCC(NS(C)(=O)=O)C1=O. The molecule has 2 aromatic rings. The second kappa shape index (κ2) is 13.7. The van der Waals surface area contributed by atoms with Crippen molar-refractivity contribution in [2.75, 3.05) is 12.8 Å². The number of halogens is 2. The molecule has 1 saturated heterocycles. The van der Waals surface area contributed by atoms with Crippen LogP contribution in [0.15, 0.2) is 28.3 Å². The average Bonchev–Trinajstić information content (AvgIpc) is 3.21. The number of carboxylic acids is 1. The Bertz CT molecular complexity index is 1370. The highest BCUT2D eigenvalue weighted by Gasteiger charge is 2.35. The molecule has 18 heteroatoms. The molecule has 1 aromatic heterocycles. The van der Waals surface area contributed by atoms with E-state index in [2.05, 4.69) is 25.6 Å². The van der Waals surface area contributed by atoms with Crippen LogP contribution in [0.1, 0.15) is 32.6 Å². The molecule has 40 heavy (non-hydrogen) atoms. The number of aliphatic carboxylic acids is 1. The van der Waals surface area contributed by atoms with E-state index in [1.54, 1.807) is 18.2 Å². The Kier molecular flexibility index (Phi) is 10.9. The highest BCUT2D eigenvalue weighted by molar-refractivity contribution is 7.99. The quantitative estimate of drug-likeness (QED) is 0.301. The Morgan fingerprint density at radius 2 is 1.90 bits per heavy atom. The van der Waals surface area contributed by atoms with Crippen LogP contribution in [0.2, 0.25) is 10.0 Å². The van der Waals surface area contributed by atoms with E-state index in [9.17, 15) is 32.7 Å². The number of aromatic nitrogens is 4. The van der Waals surface area contributed by atoms with E-state index in [-0.39, 0.29) is 18.1 Å². The van der Waals surface area contributed by atoms with Gasteiger partial charge in [-0.2, -0.15) is 0 Å². The number of amides is 2. The maximum Gasteiger partial charge on any atom is 0.305 e.